The number of benzene rings is 1. The molecule has 1 aromatic carbocycles. The number of thiocyanates is 1. The molecule has 0 radical (unpaired) electrons. The standard InChI is InChI=1S/C10H8F3NS/c11-10(12,13)6-9(15-7-14)8-4-2-1-3-5-8/h1-5,9H,6H2. The summed E-state index contributed by atoms with van der Waals surface area (Å²) in [6.07, 6.45) is -5.22. The largest absolute Gasteiger partial charge is 0.390 e. The van der Waals surface area contributed by atoms with Gasteiger partial charge < -0.3 is 0 Å². The van der Waals surface area contributed by atoms with Gasteiger partial charge in [-0.3, -0.25) is 0 Å². The number of rotatable bonds is 3. The fourth-order valence-corrected chi connectivity index (χ4v) is 1.86. The normalized spacial score (nSPS) is 13.2. The Balaban J connectivity index is 2.80. The van der Waals surface area contributed by atoms with Gasteiger partial charge in [0.1, 0.15) is 5.40 Å². The number of hydrogen-bond donors (Lipinski definition) is 0. The number of thioether (sulfide) groups is 1. The van der Waals surface area contributed by atoms with E-state index in [0.717, 1.165) is 0 Å². The Bertz CT molecular complexity index is 342. The third-order valence-corrected chi connectivity index (χ3v) is 2.61. The molecule has 0 bridgehead atoms. The summed E-state index contributed by atoms with van der Waals surface area (Å²) in [4.78, 5) is 0. The molecule has 5 heteroatoms. The Kier molecular flexibility index (Phi) is 4.04. The molecule has 0 spiro atoms. The average Bonchev–Trinajstić information content (AvgIpc) is 2.17. The molecule has 0 heterocycles. The molecule has 80 valence electrons. The molecule has 15 heavy (non-hydrogen) atoms. The van der Waals surface area contributed by atoms with Gasteiger partial charge in [0.25, 0.3) is 0 Å². The second kappa shape index (κ2) is 5.08. The molecular formula is C10H8F3NS. The van der Waals surface area contributed by atoms with Crippen molar-refractivity contribution in [1.82, 2.24) is 0 Å². The number of nitriles is 1. The van der Waals surface area contributed by atoms with E-state index in [2.05, 4.69) is 0 Å². The first-order chi connectivity index (χ1) is 7.03. The molecule has 0 saturated carbocycles. The zero-order chi connectivity index (χ0) is 11.3. The first kappa shape index (κ1) is 11.9. The first-order valence-corrected chi connectivity index (χ1v) is 5.07. The number of hydrogen-bond acceptors (Lipinski definition) is 2. The van der Waals surface area contributed by atoms with Crippen molar-refractivity contribution >= 4 is 11.8 Å². The van der Waals surface area contributed by atoms with Gasteiger partial charge in [0.2, 0.25) is 0 Å². The minimum absolute atomic E-state index is 0.529. The van der Waals surface area contributed by atoms with Crippen molar-refractivity contribution in [2.24, 2.45) is 0 Å². The molecule has 0 fully saturated rings. The highest BCUT2D eigenvalue weighted by molar-refractivity contribution is 8.03. The van der Waals surface area contributed by atoms with Gasteiger partial charge in [-0.05, 0) is 17.3 Å². The van der Waals surface area contributed by atoms with Crippen LogP contribution in [-0.2, 0) is 0 Å². The predicted molar refractivity (Wildman–Crippen MR) is 53.1 cm³/mol. The molecule has 1 unspecified atom stereocenters. The minimum atomic E-state index is -4.25. The Morgan fingerprint density at radius 2 is 1.87 bits per heavy atom. The van der Waals surface area contributed by atoms with E-state index in [-0.39, 0.29) is 0 Å². The van der Waals surface area contributed by atoms with Crippen LogP contribution in [0, 0.1) is 10.7 Å². The van der Waals surface area contributed by atoms with Crippen molar-refractivity contribution in [3.63, 3.8) is 0 Å². The van der Waals surface area contributed by atoms with Crippen LogP contribution < -0.4 is 0 Å². The smallest absolute Gasteiger partial charge is 0.185 e. The lowest BCUT2D eigenvalue weighted by molar-refractivity contribution is -0.134. The summed E-state index contributed by atoms with van der Waals surface area (Å²) >= 11 is 0.642. The van der Waals surface area contributed by atoms with Crippen LogP contribution in [0.1, 0.15) is 17.2 Å². The van der Waals surface area contributed by atoms with Crippen LogP contribution in [0.2, 0.25) is 0 Å². The average molecular weight is 231 g/mol. The Hall–Kier alpha value is -1.15. The van der Waals surface area contributed by atoms with Crippen molar-refractivity contribution in [1.29, 1.82) is 5.26 Å². The maximum atomic E-state index is 12.2. The predicted octanol–water partition coefficient (Wildman–Crippen LogP) is 3.89. The van der Waals surface area contributed by atoms with E-state index in [1.165, 1.54) is 0 Å². The highest BCUT2D eigenvalue weighted by Gasteiger charge is 2.32. The molecule has 0 aromatic heterocycles. The first-order valence-electron chi connectivity index (χ1n) is 4.19. The zero-order valence-corrected chi connectivity index (χ0v) is 8.48. The Morgan fingerprint density at radius 1 is 1.27 bits per heavy atom. The van der Waals surface area contributed by atoms with Crippen LogP contribution in [0.5, 0.6) is 0 Å². The summed E-state index contributed by atoms with van der Waals surface area (Å²) in [5.74, 6) is 0. The summed E-state index contributed by atoms with van der Waals surface area (Å²) in [5, 5.41) is 9.31. The summed E-state index contributed by atoms with van der Waals surface area (Å²) in [5.41, 5.74) is 0.529. The third-order valence-electron chi connectivity index (χ3n) is 1.78. The van der Waals surface area contributed by atoms with Gasteiger partial charge in [-0.15, -0.1) is 0 Å². The highest BCUT2D eigenvalue weighted by atomic mass is 32.2. The van der Waals surface area contributed by atoms with Crippen molar-refractivity contribution in [3.05, 3.63) is 35.9 Å². The van der Waals surface area contributed by atoms with Gasteiger partial charge in [-0.2, -0.15) is 18.4 Å². The van der Waals surface area contributed by atoms with Crippen molar-refractivity contribution < 1.29 is 13.2 Å². The molecule has 0 aliphatic rings. The van der Waals surface area contributed by atoms with E-state index in [1.807, 2.05) is 0 Å². The molecule has 1 nitrogen and oxygen atoms in total. The monoisotopic (exact) mass is 231 g/mol. The Labute approximate surface area is 89.9 Å². The van der Waals surface area contributed by atoms with E-state index >= 15 is 0 Å². The van der Waals surface area contributed by atoms with Crippen molar-refractivity contribution in [2.75, 3.05) is 0 Å². The van der Waals surface area contributed by atoms with Gasteiger partial charge in [0, 0.05) is 0 Å². The van der Waals surface area contributed by atoms with Gasteiger partial charge >= 0.3 is 6.18 Å². The van der Waals surface area contributed by atoms with E-state index < -0.39 is 17.8 Å². The second-order valence-electron chi connectivity index (χ2n) is 2.93. The van der Waals surface area contributed by atoms with Gasteiger partial charge in [-0.25, -0.2) is 0 Å². The fraction of sp³-hybridized carbons (Fsp3) is 0.300. The van der Waals surface area contributed by atoms with E-state index in [1.54, 1.807) is 35.7 Å². The molecule has 1 rings (SSSR count). The molecule has 0 aliphatic carbocycles. The summed E-state index contributed by atoms with van der Waals surface area (Å²) in [6, 6.07) is 8.25. The summed E-state index contributed by atoms with van der Waals surface area (Å²) < 4.78 is 36.6. The van der Waals surface area contributed by atoms with Crippen LogP contribution in [-0.4, -0.2) is 6.18 Å². The fourth-order valence-electron chi connectivity index (χ4n) is 1.17. The molecule has 0 amide bonds. The lowest BCUT2D eigenvalue weighted by Gasteiger charge is -2.15. The lowest BCUT2D eigenvalue weighted by atomic mass is 10.1. The van der Waals surface area contributed by atoms with Crippen LogP contribution >= 0.6 is 11.8 Å². The van der Waals surface area contributed by atoms with Gasteiger partial charge in [0.05, 0.1) is 11.7 Å². The van der Waals surface area contributed by atoms with Crippen molar-refractivity contribution in [3.8, 4) is 5.40 Å². The van der Waals surface area contributed by atoms with E-state index in [9.17, 15) is 13.2 Å². The van der Waals surface area contributed by atoms with Crippen LogP contribution in [0.25, 0.3) is 0 Å². The maximum Gasteiger partial charge on any atom is 0.390 e. The van der Waals surface area contributed by atoms with Gasteiger partial charge in [0.15, 0.2) is 0 Å². The minimum Gasteiger partial charge on any atom is -0.185 e. The summed E-state index contributed by atoms with van der Waals surface area (Å²) in [6.45, 7) is 0. The maximum absolute atomic E-state index is 12.2. The summed E-state index contributed by atoms with van der Waals surface area (Å²) in [7, 11) is 0. The number of alkyl halides is 3. The quantitative estimate of drug-likeness (QED) is 0.737. The second-order valence-corrected chi connectivity index (χ2v) is 3.92. The highest BCUT2D eigenvalue weighted by Crippen LogP contribution is 2.38. The van der Waals surface area contributed by atoms with Gasteiger partial charge in [-0.1, -0.05) is 30.3 Å². The third kappa shape index (κ3) is 4.26. The van der Waals surface area contributed by atoms with Crippen LogP contribution in [0.15, 0.2) is 30.3 Å². The lowest BCUT2D eigenvalue weighted by Crippen LogP contribution is -2.11. The van der Waals surface area contributed by atoms with Crippen LogP contribution in [0.4, 0.5) is 13.2 Å². The molecule has 0 N–H and O–H groups in total. The molecule has 0 saturated heterocycles. The molecule has 0 aliphatic heterocycles. The van der Waals surface area contributed by atoms with E-state index in [4.69, 9.17) is 5.26 Å². The Morgan fingerprint density at radius 3 is 2.33 bits per heavy atom. The van der Waals surface area contributed by atoms with Crippen molar-refractivity contribution in [2.45, 2.75) is 17.8 Å². The zero-order valence-electron chi connectivity index (χ0n) is 7.66. The number of nitrogens with zero attached hydrogens (tertiary/aromatic N) is 1. The SMILES string of the molecule is N#CSC(CC(F)(F)F)c1ccccc1. The number of halogens is 3. The molecule has 1 aromatic rings. The van der Waals surface area contributed by atoms with E-state index in [0.29, 0.717) is 17.3 Å². The molecule has 1 atom stereocenters. The van der Waals surface area contributed by atoms with Crippen LogP contribution in [0.3, 0.4) is 0 Å². The topological polar surface area (TPSA) is 23.8 Å². The molecular weight excluding hydrogens is 223 g/mol.